The van der Waals surface area contributed by atoms with E-state index in [1.165, 1.54) is 28.3 Å². The molecule has 0 radical (unpaired) electrons. The minimum absolute atomic E-state index is 0.192. The minimum Gasteiger partial charge on any atom is -0.461 e. The van der Waals surface area contributed by atoms with Crippen LogP contribution in [-0.4, -0.2) is 5.78 Å². The molecule has 2 heterocycles. The number of ketones is 1. The molecule has 166 valence electrons. The van der Waals surface area contributed by atoms with Gasteiger partial charge in [0, 0.05) is 0 Å². The highest BCUT2D eigenvalue weighted by Crippen LogP contribution is 2.58. The third-order valence-corrected chi connectivity index (χ3v) is 10.2. The Bertz CT molecular complexity index is 1270. The first-order valence-corrected chi connectivity index (χ1v) is 13.1. The molecule has 0 aliphatic carbocycles. The van der Waals surface area contributed by atoms with Crippen LogP contribution in [0.2, 0.25) is 0 Å². The summed E-state index contributed by atoms with van der Waals surface area (Å²) in [6, 6.07) is 39.4. The molecular formula is C30H24O3P+. The monoisotopic (exact) mass is 463 g/mol. The van der Waals surface area contributed by atoms with Gasteiger partial charge in [-0.2, -0.15) is 0 Å². The van der Waals surface area contributed by atoms with Gasteiger partial charge in [-0.05, 0) is 72.8 Å². The lowest BCUT2D eigenvalue weighted by atomic mass is 10.2. The van der Waals surface area contributed by atoms with Crippen molar-refractivity contribution in [2.45, 2.75) is 6.16 Å². The van der Waals surface area contributed by atoms with Gasteiger partial charge in [0.2, 0.25) is 5.78 Å². The highest BCUT2D eigenvalue weighted by Gasteiger charge is 2.46. The maximum atomic E-state index is 12.3. The summed E-state index contributed by atoms with van der Waals surface area (Å²) < 4.78 is 11.4. The van der Waals surface area contributed by atoms with Gasteiger partial charge >= 0.3 is 0 Å². The van der Waals surface area contributed by atoms with Gasteiger partial charge in [-0.3, -0.25) is 4.79 Å². The lowest BCUT2D eigenvalue weighted by molar-refractivity contribution is 0.102. The molecule has 0 unspecified atom stereocenters. The van der Waals surface area contributed by atoms with Crippen molar-refractivity contribution in [3.05, 3.63) is 145 Å². The summed E-state index contributed by atoms with van der Waals surface area (Å²) in [5.74, 6) is 1.64. The normalized spacial score (nSPS) is 11.6. The van der Waals surface area contributed by atoms with Crippen LogP contribution in [0, 0.1) is 0 Å². The second-order valence-electron chi connectivity index (χ2n) is 7.95. The molecule has 0 spiro atoms. The molecule has 0 bridgehead atoms. The van der Waals surface area contributed by atoms with Crippen LogP contribution in [-0.2, 0) is 6.16 Å². The zero-order valence-corrected chi connectivity index (χ0v) is 19.5. The molecule has 4 heteroatoms. The zero-order chi connectivity index (χ0) is 23.2. The first-order chi connectivity index (χ1) is 16.8. The van der Waals surface area contributed by atoms with Crippen molar-refractivity contribution in [3.63, 3.8) is 0 Å². The average Bonchev–Trinajstić information content (AvgIpc) is 3.60. The number of hydrogen-bond acceptors (Lipinski definition) is 3. The van der Waals surface area contributed by atoms with Crippen LogP contribution in [0.3, 0.4) is 0 Å². The highest BCUT2D eigenvalue weighted by atomic mass is 31.2. The summed E-state index contributed by atoms with van der Waals surface area (Å²) in [4.78, 5) is 12.3. The molecule has 0 N–H and O–H groups in total. The van der Waals surface area contributed by atoms with Crippen LogP contribution in [0.15, 0.2) is 136 Å². The molecule has 0 amide bonds. The number of allylic oxidation sites excluding steroid dienone is 1. The largest absolute Gasteiger partial charge is 0.461 e. The van der Waals surface area contributed by atoms with E-state index >= 15 is 0 Å². The first kappa shape index (κ1) is 21.9. The van der Waals surface area contributed by atoms with Crippen LogP contribution in [0.4, 0.5) is 0 Å². The molecule has 0 aliphatic heterocycles. The second kappa shape index (κ2) is 9.91. The molecule has 0 aliphatic rings. The van der Waals surface area contributed by atoms with Gasteiger partial charge < -0.3 is 8.83 Å². The quantitative estimate of drug-likeness (QED) is 0.155. The van der Waals surface area contributed by atoms with E-state index in [1.807, 2.05) is 12.1 Å². The van der Waals surface area contributed by atoms with Gasteiger partial charge in [0.05, 0.1) is 6.26 Å². The molecule has 0 atom stereocenters. The van der Waals surface area contributed by atoms with E-state index in [0.29, 0.717) is 11.5 Å². The standard InChI is InChI=1S/C30H24O3P/c31-29(30-17-10-22-32-30)21-20-24-18-19-25(33-24)23-34(26-11-4-1-5-12-26,27-13-6-2-7-14-27)28-15-8-3-9-16-28/h1-22H,23H2/q+1. The van der Waals surface area contributed by atoms with E-state index in [4.69, 9.17) is 8.83 Å². The van der Waals surface area contributed by atoms with E-state index in [-0.39, 0.29) is 5.78 Å². The fourth-order valence-electron chi connectivity index (χ4n) is 4.23. The summed E-state index contributed by atoms with van der Waals surface area (Å²) in [5, 5.41) is 3.90. The molecule has 5 rings (SSSR count). The highest BCUT2D eigenvalue weighted by molar-refractivity contribution is 7.95. The lowest BCUT2D eigenvalue weighted by Gasteiger charge is -2.26. The Hall–Kier alpha value is -3.94. The minimum atomic E-state index is -2.04. The number of hydrogen-bond donors (Lipinski definition) is 0. The van der Waals surface area contributed by atoms with Crippen LogP contribution < -0.4 is 15.9 Å². The molecule has 3 aromatic carbocycles. The summed E-state index contributed by atoms with van der Waals surface area (Å²) >= 11 is 0. The summed E-state index contributed by atoms with van der Waals surface area (Å²) in [6.45, 7) is 0. The number of carbonyl (C=O) groups is 1. The van der Waals surface area contributed by atoms with Gasteiger partial charge in [-0.25, -0.2) is 0 Å². The third kappa shape index (κ3) is 4.44. The van der Waals surface area contributed by atoms with Crippen LogP contribution in [0.5, 0.6) is 0 Å². The Labute approximate surface area is 199 Å². The molecule has 5 aromatic rings. The van der Waals surface area contributed by atoms with E-state index < -0.39 is 7.26 Å². The van der Waals surface area contributed by atoms with Crippen molar-refractivity contribution in [1.82, 2.24) is 0 Å². The van der Waals surface area contributed by atoms with Crippen LogP contribution >= 0.6 is 7.26 Å². The van der Waals surface area contributed by atoms with Crippen molar-refractivity contribution >= 4 is 35.0 Å². The van der Waals surface area contributed by atoms with Crippen molar-refractivity contribution in [1.29, 1.82) is 0 Å². The SMILES string of the molecule is O=C(C=Cc1ccc(C[P+](c2ccccc2)(c2ccccc2)c2ccccc2)o1)c1ccco1. The van der Waals surface area contributed by atoms with Gasteiger partial charge in [-0.15, -0.1) is 0 Å². The number of rotatable bonds is 8. The van der Waals surface area contributed by atoms with Gasteiger partial charge in [-0.1, -0.05) is 54.6 Å². The number of benzene rings is 3. The Morgan fingerprint density at radius 3 is 1.74 bits per heavy atom. The summed E-state index contributed by atoms with van der Waals surface area (Å²) in [7, 11) is -2.04. The predicted molar refractivity (Wildman–Crippen MR) is 140 cm³/mol. The number of carbonyl (C=O) groups excluding carboxylic acids is 1. The lowest BCUT2D eigenvalue weighted by Crippen LogP contribution is -2.32. The van der Waals surface area contributed by atoms with Crippen molar-refractivity contribution in [3.8, 4) is 0 Å². The van der Waals surface area contributed by atoms with Gasteiger partial charge in [0.1, 0.15) is 40.9 Å². The second-order valence-corrected chi connectivity index (χ2v) is 11.4. The van der Waals surface area contributed by atoms with Crippen LogP contribution in [0.1, 0.15) is 22.1 Å². The molecule has 34 heavy (non-hydrogen) atoms. The zero-order valence-electron chi connectivity index (χ0n) is 18.6. The smallest absolute Gasteiger partial charge is 0.221 e. The summed E-state index contributed by atoms with van der Waals surface area (Å²) in [5.41, 5.74) is 0. The average molecular weight is 463 g/mol. The van der Waals surface area contributed by atoms with E-state index in [9.17, 15) is 4.79 Å². The molecule has 0 saturated carbocycles. The first-order valence-electron chi connectivity index (χ1n) is 11.2. The van der Waals surface area contributed by atoms with Crippen LogP contribution in [0.25, 0.3) is 6.08 Å². The van der Waals surface area contributed by atoms with E-state index in [2.05, 4.69) is 91.0 Å². The van der Waals surface area contributed by atoms with Crippen molar-refractivity contribution < 1.29 is 13.6 Å². The van der Waals surface area contributed by atoms with E-state index in [0.717, 1.165) is 11.9 Å². The topological polar surface area (TPSA) is 43.4 Å². The predicted octanol–water partition coefficient (Wildman–Crippen LogP) is 6.26. The fraction of sp³-hybridized carbons (Fsp3) is 0.0333. The molecular weight excluding hydrogens is 439 g/mol. The molecule has 0 fully saturated rings. The Kier molecular flexibility index (Phi) is 6.38. The van der Waals surface area contributed by atoms with Crippen molar-refractivity contribution in [2.75, 3.05) is 0 Å². The van der Waals surface area contributed by atoms with Crippen molar-refractivity contribution in [2.24, 2.45) is 0 Å². The van der Waals surface area contributed by atoms with Gasteiger partial charge in [0.25, 0.3) is 0 Å². The third-order valence-electron chi connectivity index (χ3n) is 5.83. The van der Waals surface area contributed by atoms with E-state index in [1.54, 1.807) is 18.2 Å². The van der Waals surface area contributed by atoms with Gasteiger partial charge in [0.15, 0.2) is 5.76 Å². The molecule has 3 nitrogen and oxygen atoms in total. The fourth-order valence-corrected chi connectivity index (χ4v) is 8.35. The molecule has 2 aromatic heterocycles. The Morgan fingerprint density at radius 2 is 1.24 bits per heavy atom. The number of furan rings is 2. The summed E-state index contributed by atoms with van der Waals surface area (Å²) in [6.07, 6.45) is 5.41. The maximum Gasteiger partial charge on any atom is 0.221 e. The Morgan fingerprint density at radius 1 is 0.676 bits per heavy atom. The maximum absolute atomic E-state index is 12.3. The molecule has 0 saturated heterocycles. The Balaban J connectivity index is 1.56.